The van der Waals surface area contributed by atoms with E-state index in [2.05, 4.69) is 21.0 Å². The van der Waals surface area contributed by atoms with Crippen molar-refractivity contribution >= 4 is 11.9 Å². The average Bonchev–Trinajstić information content (AvgIpc) is 3.06. The van der Waals surface area contributed by atoms with E-state index >= 15 is 0 Å². The van der Waals surface area contributed by atoms with Crippen molar-refractivity contribution in [1.82, 2.24) is 0 Å². The minimum Gasteiger partial charge on any atom is -0.462 e. The molecule has 124 valence electrons. The van der Waals surface area contributed by atoms with Gasteiger partial charge in [-0.3, -0.25) is 9.59 Å². The van der Waals surface area contributed by atoms with E-state index < -0.39 is 0 Å². The first kappa shape index (κ1) is 15.8. The molecule has 3 fully saturated rings. The van der Waals surface area contributed by atoms with Crippen molar-refractivity contribution < 1.29 is 23.5 Å². The Bertz CT molecular complexity index is 460. The fourth-order valence-corrected chi connectivity index (χ4v) is 4.51. The molecule has 0 aromatic carbocycles. The number of hydrogen-bond donors (Lipinski definition) is 0. The number of carbonyl (C=O) groups excluding carboxylic acids is 2. The van der Waals surface area contributed by atoms with E-state index in [1.165, 1.54) is 12.8 Å². The number of quaternary nitrogens is 1. The van der Waals surface area contributed by atoms with Crippen LogP contribution in [0.4, 0.5) is 0 Å². The number of nitrogens with zero attached hydrogens (tertiary/aromatic N) is 1. The molecule has 1 saturated heterocycles. The lowest BCUT2D eigenvalue weighted by atomic mass is 9.80. The second kappa shape index (κ2) is 5.84. The molecule has 1 aliphatic heterocycles. The highest BCUT2D eigenvalue weighted by molar-refractivity contribution is 5.85. The highest BCUT2D eigenvalue weighted by atomic mass is 16.6. The van der Waals surface area contributed by atoms with E-state index in [9.17, 15) is 9.59 Å². The zero-order chi connectivity index (χ0) is 15.9. The first-order valence-electron chi connectivity index (χ1n) is 8.62. The van der Waals surface area contributed by atoms with Gasteiger partial charge in [-0.05, 0) is 25.2 Å². The SMILES string of the molecule is CCCC[N+](C)(C)CCOC(=O)[C@@H]1[C@H]2C[C@@H]3[C@@H]1C(=O)O[C@@H]3C2. The molecule has 0 amide bonds. The fourth-order valence-electron chi connectivity index (χ4n) is 4.51. The lowest BCUT2D eigenvalue weighted by Gasteiger charge is -2.30. The molecule has 0 spiro atoms. The van der Waals surface area contributed by atoms with Crippen molar-refractivity contribution in [2.45, 2.75) is 38.7 Å². The Hall–Kier alpha value is -1.10. The summed E-state index contributed by atoms with van der Waals surface area (Å²) in [4.78, 5) is 24.4. The molecule has 0 radical (unpaired) electrons. The smallest absolute Gasteiger partial charge is 0.310 e. The Morgan fingerprint density at radius 1 is 1.32 bits per heavy atom. The summed E-state index contributed by atoms with van der Waals surface area (Å²) >= 11 is 0. The third-order valence-electron chi connectivity index (χ3n) is 5.81. The van der Waals surface area contributed by atoms with Gasteiger partial charge in [-0.15, -0.1) is 0 Å². The van der Waals surface area contributed by atoms with Crippen LogP contribution in [-0.2, 0) is 19.1 Å². The summed E-state index contributed by atoms with van der Waals surface area (Å²) in [7, 11) is 4.33. The number of hydrogen-bond acceptors (Lipinski definition) is 4. The summed E-state index contributed by atoms with van der Waals surface area (Å²) < 4.78 is 11.8. The molecule has 0 aromatic rings. The summed E-state index contributed by atoms with van der Waals surface area (Å²) in [5.74, 6) is -0.254. The topological polar surface area (TPSA) is 52.6 Å². The van der Waals surface area contributed by atoms with Gasteiger partial charge in [-0.1, -0.05) is 13.3 Å². The molecule has 0 unspecified atom stereocenters. The predicted octanol–water partition coefficient (Wildman–Crippen LogP) is 1.60. The number of ether oxygens (including phenoxy) is 2. The second-order valence-electron chi connectivity index (χ2n) is 7.83. The van der Waals surface area contributed by atoms with Crippen LogP contribution in [0.2, 0.25) is 0 Å². The van der Waals surface area contributed by atoms with E-state index in [1.54, 1.807) is 0 Å². The minimum atomic E-state index is -0.248. The maximum absolute atomic E-state index is 12.4. The Balaban J connectivity index is 1.50. The number of unbranched alkanes of at least 4 members (excludes halogenated alkanes) is 1. The molecule has 0 aromatic heterocycles. The van der Waals surface area contributed by atoms with Gasteiger partial charge in [0.1, 0.15) is 19.3 Å². The molecule has 5 nitrogen and oxygen atoms in total. The van der Waals surface area contributed by atoms with Crippen molar-refractivity contribution in [2.75, 3.05) is 33.8 Å². The fraction of sp³-hybridized carbons (Fsp3) is 0.882. The van der Waals surface area contributed by atoms with Gasteiger partial charge >= 0.3 is 11.9 Å². The summed E-state index contributed by atoms with van der Waals surface area (Å²) in [5.41, 5.74) is 0. The highest BCUT2D eigenvalue weighted by Gasteiger charge is 2.64. The van der Waals surface area contributed by atoms with Gasteiger partial charge in [0, 0.05) is 5.92 Å². The summed E-state index contributed by atoms with van der Waals surface area (Å²) in [6.45, 7) is 4.54. The van der Waals surface area contributed by atoms with Crippen LogP contribution >= 0.6 is 0 Å². The first-order valence-corrected chi connectivity index (χ1v) is 8.62. The second-order valence-corrected chi connectivity index (χ2v) is 7.83. The Morgan fingerprint density at radius 3 is 2.82 bits per heavy atom. The maximum Gasteiger partial charge on any atom is 0.310 e. The molecule has 3 aliphatic rings. The van der Waals surface area contributed by atoms with E-state index in [1.807, 2.05) is 0 Å². The van der Waals surface area contributed by atoms with Gasteiger partial charge in [-0.25, -0.2) is 0 Å². The number of carbonyl (C=O) groups is 2. The number of esters is 2. The molecule has 5 atom stereocenters. The third-order valence-corrected chi connectivity index (χ3v) is 5.81. The zero-order valence-electron chi connectivity index (χ0n) is 13.9. The summed E-state index contributed by atoms with van der Waals surface area (Å²) in [6.07, 6.45) is 4.25. The van der Waals surface area contributed by atoms with Crippen LogP contribution in [0, 0.1) is 23.7 Å². The Labute approximate surface area is 132 Å². The molecule has 1 heterocycles. The van der Waals surface area contributed by atoms with Crippen LogP contribution in [0.25, 0.3) is 0 Å². The molecule has 0 N–H and O–H groups in total. The maximum atomic E-state index is 12.4. The summed E-state index contributed by atoms with van der Waals surface area (Å²) in [5, 5.41) is 0. The molecular weight excluding hydrogens is 282 g/mol. The molecular formula is C17H28NO4+. The van der Waals surface area contributed by atoms with Gasteiger partial charge in [0.05, 0.1) is 32.5 Å². The average molecular weight is 310 g/mol. The standard InChI is InChI=1S/C17H28NO4/c1-4-5-6-18(2,3)7-8-21-16(19)14-11-9-12-13(10-11)22-17(20)15(12)14/h11-15H,4-10H2,1-3H3/q+1/t11-,12-,13+,14+,15-/m0/s1. The monoisotopic (exact) mass is 310 g/mol. The van der Waals surface area contributed by atoms with Crippen LogP contribution in [0.3, 0.4) is 0 Å². The van der Waals surface area contributed by atoms with Gasteiger partial charge in [0.2, 0.25) is 0 Å². The molecule has 5 heteroatoms. The highest BCUT2D eigenvalue weighted by Crippen LogP contribution is 2.57. The predicted molar refractivity (Wildman–Crippen MR) is 80.8 cm³/mol. The van der Waals surface area contributed by atoms with Gasteiger partial charge < -0.3 is 14.0 Å². The van der Waals surface area contributed by atoms with Crippen molar-refractivity contribution in [2.24, 2.45) is 23.7 Å². The number of likely N-dealkylation sites (N-methyl/N-ethyl adjacent to an activating group) is 1. The van der Waals surface area contributed by atoms with Crippen LogP contribution in [-0.4, -0.2) is 56.3 Å². The van der Waals surface area contributed by atoms with Crippen LogP contribution in [0.1, 0.15) is 32.6 Å². The molecule has 22 heavy (non-hydrogen) atoms. The number of rotatable bonds is 7. The van der Waals surface area contributed by atoms with Crippen molar-refractivity contribution in [3.63, 3.8) is 0 Å². The Morgan fingerprint density at radius 2 is 2.09 bits per heavy atom. The lowest BCUT2D eigenvalue weighted by Crippen LogP contribution is -2.44. The zero-order valence-corrected chi connectivity index (χ0v) is 13.9. The number of fused-ring (bicyclic) bond motifs is 1. The normalized spacial score (nSPS) is 35.8. The van der Waals surface area contributed by atoms with Gasteiger partial charge in [-0.2, -0.15) is 0 Å². The third kappa shape index (κ3) is 2.75. The minimum absolute atomic E-state index is 0.0798. The Kier molecular flexibility index (Phi) is 4.19. The largest absolute Gasteiger partial charge is 0.462 e. The van der Waals surface area contributed by atoms with Crippen LogP contribution in [0.15, 0.2) is 0 Å². The molecule has 3 rings (SSSR count). The van der Waals surface area contributed by atoms with Crippen LogP contribution in [0.5, 0.6) is 0 Å². The quantitative estimate of drug-likeness (QED) is 0.529. The van der Waals surface area contributed by atoms with E-state index in [4.69, 9.17) is 9.47 Å². The van der Waals surface area contributed by atoms with E-state index in [0.29, 0.717) is 12.5 Å². The van der Waals surface area contributed by atoms with Gasteiger partial charge in [0.25, 0.3) is 0 Å². The van der Waals surface area contributed by atoms with E-state index in [0.717, 1.165) is 30.4 Å². The molecule has 2 aliphatic carbocycles. The van der Waals surface area contributed by atoms with Crippen LogP contribution < -0.4 is 0 Å². The summed E-state index contributed by atoms with van der Waals surface area (Å²) in [6, 6.07) is 0. The van der Waals surface area contributed by atoms with Crippen molar-refractivity contribution in [3.05, 3.63) is 0 Å². The van der Waals surface area contributed by atoms with E-state index in [-0.39, 0.29) is 35.8 Å². The lowest BCUT2D eigenvalue weighted by molar-refractivity contribution is -0.890. The van der Waals surface area contributed by atoms with Crippen molar-refractivity contribution in [3.8, 4) is 0 Å². The molecule has 2 bridgehead atoms. The van der Waals surface area contributed by atoms with Crippen molar-refractivity contribution in [1.29, 1.82) is 0 Å². The van der Waals surface area contributed by atoms with Gasteiger partial charge in [0.15, 0.2) is 0 Å². The molecule has 2 saturated carbocycles. The first-order chi connectivity index (χ1) is 10.4.